The highest BCUT2D eigenvalue weighted by Crippen LogP contribution is 2.36. The molecule has 0 saturated heterocycles. The molecule has 0 saturated carbocycles. The smallest absolute Gasteiger partial charge is 0.256 e. The second kappa shape index (κ2) is 6.64. The standard InChI is InChI=1S/C25H19ClN2O/c1-15-12-18(13-22-21-14-19(26)10-11-23(21)27-25(22)29)16(2)28(15)24-9-5-7-17-6-3-4-8-20(17)24/h3-14H,1-2H3,(H,27,29)/b22-13-. The van der Waals surface area contributed by atoms with Gasteiger partial charge in [-0.25, -0.2) is 0 Å². The van der Waals surface area contributed by atoms with E-state index >= 15 is 0 Å². The zero-order valence-electron chi connectivity index (χ0n) is 16.2. The van der Waals surface area contributed by atoms with Crippen LogP contribution in [0, 0.1) is 13.8 Å². The Bertz CT molecular complexity index is 1320. The van der Waals surface area contributed by atoms with Gasteiger partial charge in [0.25, 0.3) is 5.91 Å². The highest BCUT2D eigenvalue weighted by atomic mass is 35.5. The highest BCUT2D eigenvalue weighted by molar-refractivity contribution is 6.36. The molecule has 0 fully saturated rings. The number of nitrogens with zero attached hydrogens (tertiary/aromatic N) is 1. The van der Waals surface area contributed by atoms with Crippen LogP contribution in [0.4, 0.5) is 5.69 Å². The number of anilines is 1. The molecule has 0 atom stereocenters. The topological polar surface area (TPSA) is 34.0 Å². The molecule has 0 unspecified atom stereocenters. The molecule has 1 aliphatic rings. The first-order chi connectivity index (χ1) is 14.0. The van der Waals surface area contributed by atoms with Crippen LogP contribution >= 0.6 is 11.6 Å². The van der Waals surface area contributed by atoms with Crippen molar-refractivity contribution in [2.75, 3.05) is 5.32 Å². The number of rotatable bonds is 2. The van der Waals surface area contributed by atoms with Crippen LogP contribution in [0.2, 0.25) is 5.02 Å². The lowest BCUT2D eigenvalue weighted by Crippen LogP contribution is -2.03. The Morgan fingerprint density at radius 3 is 2.62 bits per heavy atom. The van der Waals surface area contributed by atoms with Gasteiger partial charge in [-0.15, -0.1) is 0 Å². The Balaban J connectivity index is 1.68. The summed E-state index contributed by atoms with van der Waals surface area (Å²) >= 11 is 6.17. The van der Waals surface area contributed by atoms with Crippen molar-refractivity contribution >= 4 is 45.6 Å². The normalized spacial score (nSPS) is 14.4. The van der Waals surface area contributed by atoms with Crippen LogP contribution in [0.1, 0.15) is 22.5 Å². The minimum Gasteiger partial charge on any atom is -0.321 e. The van der Waals surface area contributed by atoms with Crippen molar-refractivity contribution in [3.8, 4) is 5.69 Å². The third-order valence-electron chi connectivity index (χ3n) is 5.54. The largest absolute Gasteiger partial charge is 0.321 e. The van der Waals surface area contributed by atoms with Crippen molar-refractivity contribution in [3.63, 3.8) is 0 Å². The van der Waals surface area contributed by atoms with Gasteiger partial charge in [-0.3, -0.25) is 4.79 Å². The third kappa shape index (κ3) is 2.86. The van der Waals surface area contributed by atoms with Gasteiger partial charge in [0.05, 0.1) is 5.69 Å². The van der Waals surface area contributed by atoms with E-state index in [1.54, 1.807) is 6.07 Å². The van der Waals surface area contributed by atoms with Crippen molar-refractivity contribution in [1.29, 1.82) is 0 Å². The lowest BCUT2D eigenvalue weighted by atomic mass is 10.0. The Morgan fingerprint density at radius 1 is 0.966 bits per heavy atom. The van der Waals surface area contributed by atoms with Crippen LogP contribution in [0.3, 0.4) is 0 Å². The molecule has 1 aromatic heterocycles. The fourth-order valence-corrected chi connectivity index (χ4v) is 4.34. The number of benzene rings is 3. The van der Waals surface area contributed by atoms with E-state index in [0.29, 0.717) is 10.6 Å². The van der Waals surface area contributed by atoms with Crippen LogP contribution in [0.5, 0.6) is 0 Å². The first kappa shape index (κ1) is 17.8. The zero-order valence-corrected chi connectivity index (χ0v) is 16.9. The van der Waals surface area contributed by atoms with Gasteiger partial charge in [-0.2, -0.15) is 0 Å². The number of fused-ring (bicyclic) bond motifs is 2. The van der Waals surface area contributed by atoms with E-state index < -0.39 is 0 Å². The van der Waals surface area contributed by atoms with Gasteiger partial charge in [0, 0.05) is 38.6 Å². The number of carbonyl (C=O) groups excluding carboxylic acids is 1. The number of nitrogens with one attached hydrogen (secondary N) is 1. The molecule has 0 radical (unpaired) electrons. The summed E-state index contributed by atoms with van der Waals surface area (Å²) in [6.45, 7) is 4.18. The van der Waals surface area contributed by atoms with Crippen molar-refractivity contribution in [1.82, 2.24) is 4.57 Å². The Hall–Kier alpha value is -3.30. The quantitative estimate of drug-likeness (QED) is 0.390. The number of amides is 1. The van der Waals surface area contributed by atoms with Crippen molar-refractivity contribution < 1.29 is 4.79 Å². The average Bonchev–Trinajstić information content (AvgIpc) is 3.17. The first-order valence-electron chi connectivity index (χ1n) is 9.53. The van der Waals surface area contributed by atoms with E-state index in [9.17, 15) is 4.79 Å². The van der Waals surface area contributed by atoms with Gasteiger partial charge in [0.1, 0.15) is 0 Å². The molecule has 142 valence electrons. The highest BCUT2D eigenvalue weighted by Gasteiger charge is 2.25. The van der Waals surface area contributed by atoms with Gasteiger partial charge >= 0.3 is 0 Å². The molecule has 0 aliphatic carbocycles. The first-order valence-corrected chi connectivity index (χ1v) is 9.91. The van der Waals surface area contributed by atoms with E-state index in [2.05, 4.69) is 72.3 Å². The van der Waals surface area contributed by atoms with Crippen LogP contribution in [0.25, 0.3) is 28.1 Å². The van der Waals surface area contributed by atoms with Gasteiger partial charge in [-0.1, -0.05) is 48.0 Å². The van der Waals surface area contributed by atoms with Gasteiger partial charge < -0.3 is 9.88 Å². The molecule has 3 nitrogen and oxygen atoms in total. The second-order valence-corrected chi connectivity index (χ2v) is 7.80. The summed E-state index contributed by atoms with van der Waals surface area (Å²) in [6, 6.07) is 22.3. The van der Waals surface area contributed by atoms with E-state index in [4.69, 9.17) is 11.6 Å². The molecule has 5 rings (SSSR count). The SMILES string of the molecule is Cc1cc(/C=C2\C(=O)Nc3ccc(Cl)cc32)c(C)n1-c1cccc2ccccc12. The molecular weight excluding hydrogens is 380 g/mol. The Morgan fingerprint density at radius 2 is 1.76 bits per heavy atom. The molecule has 1 N–H and O–H groups in total. The molecular formula is C25H19ClN2O. The van der Waals surface area contributed by atoms with Crippen LogP contribution < -0.4 is 5.32 Å². The third-order valence-corrected chi connectivity index (χ3v) is 5.78. The van der Waals surface area contributed by atoms with Crippen molar-refractivity contribution in [3.05, 3.63) is 94.3 Å². The minimum absolute atomic E-state index is 0.0998. The van der Waals surface area contributed by atoms with Gasteiger partial charge in [-0.05, 0) is 61.2 Å². The maximum Gasteiger partial charge on any atom is 0.256 e. The number of aromatic nitrogens is 1. The molecule has 3 aromatic carbocycles. The molecule has 4 aromatic rings. The fourth-order valence-electron chi connectivity index (χ4n) is 4.17. The number of hydrogen-bond acceptors (Lipinski definition) is 1. The molecule has 0 spiro atoms. The molecule has 1 amide bonds. The van der Waals surface area contributed by atoms with E-state index in [1.807, 2.05) is 18.2 Å². The molecule has 0 bridgehead atoms. The van der Waals surface area contributed by atoms with Crippen molar-refractivity contribution in [2.45, 2.75) is 13.8 Å². The lowest BCUT2D eigenvalue weighted by Gasteiger charge is -2.13. The van der Waals surface area contributed by atoms with E-state index in [1.165, 1.54) is 10.8 Å². The maximum absolute atomic E-state index is 12.6. The Kier molecular flexibility index (Phi) is 4.07. The van der Waals surface area contributed by atoms with Crippen LogP contribution in [-0.2, 0) is 4.79 Å². The van der Waals surface area contributed by atoms with Gasteiger partial charge in [0.2, 0.25) is 0 Å². The average molecular weight is 399 g/mol. The summed E-state index contributed by atoms with van der Waals surface area (Å²) < 4.78 is 2.25. The van der Waals surface area contributed by atoms with Crippen molar-refractivity contribution in [2.24, 2.45) is 0 Å². The van der Waals surface area contributed by atoms with Crippen LogP contribution in [-0.4, -0.2) is 10.5 Å². The Labute approximate surface area is 174 Å². The van der Waals surface area contributed by atoms with E-state index in [-0.39, 0.29) is 5.91 Å². The second-order valence-electron chi connectivity index (χ2n) is 7.36. The van der Waals surface area contributed by atoms with E-state index in [0.717, 1.165) is 33.9 Å². The summed E-state index contributed by atoms with van der Waals surface area (Å²) in [5.74, 6) is -0.0998. The minimum atomic E-state index is -0.0998. The summed E-state index contributed by atoms with van der Waals surface area (Å²) in [5, 5.41) is 5.94. The molecule has 4 heteroatoms. The predicted molar refractivity (Wildman–Crippen MR) is 121 cm³/mol. The van der Waals surface area contributed by atoms with Gasteiger partial charge in [0.15, 0.2) is 0 Å². The number of aryl methyl sites for hydroxylation is 1. The summed E-state index contributed by atoms with van der Waals surface area (Å²) in [7, 11) is 0. The molecule has 2 heterocycles. The number of halogens is 1. The summed E-state index contributed by atoms with van der Waals surface area (Å²) in [4.78, 5) is 12.6. The number of carbonyl (C=O) groups is 1. The molecule has 29 heavy (non-hydrogen) atoms. The predicted octanol–water partition coefficient (Wildman–Crippen LogP) is 6.39. The lowest BCUT2D eigenvalue weighted by molar-refractivity contribution is -0.110. The van der Waals surface area contributed by atoms with Crippen LogP contribution in [0.15, 0.2) is 66.7 Å². The zero-order chi connectivity index (χ0) is 20.1. The fraction of sp³-hybridized carbons (Fsp3) is 0.0800. The maximum atomic E-state index is 12.6. The monoisotopic (exact) mass is 398 g/mol. The number of hydrogen-bond donors (Lipinski definition) is 1. The summed E-state index contributed by atoms with van der Waals surface area (Å²) in [6.07, 6.45) is 1.96. The molecule has 1 aliphatic heterocycles. The summed E-state index contributed by atoms with van der Waals surface area (Å²) in [5.41, 5.74) is 6.66.